The SMILES string of the molecule is COc1ccc(NC(=O)COc2cccnc2[N+](=O)[O-])cc1. The molecule has 1 amide bonds. The van der Waals surface area contributed by atoms with Gasteiger partial charge in [-0.2, -0.15) is 0 Å². The number of carbonyl (C=O) groups is 1. The van der Waals surface area contributed by atoms with Gasteiger partial charge in [-0.05, 0) is 46.3 Å². The Bertz CT molecular complexity index is 672. The smallest absolute Gasteiger partial charge is 0.406 e. The highest BCUT2D eigenvalue weighted by molar-refractivity contribution is 5.91. The topological polar surface area (TPSA) is 104 Å². The van der Waals surface area contributed by atoms with Gasteiger partial charge in [0.25, 0.3) is 5.91 Å². The Hall–Kier alpha value is -3.16. The summed E-state index contributed by atoms with van der Waals surface area (Å²) in [6.45, 7) is -0.363. The van der Waals surface area contributed by atoms with Crippen LogP contribution in [0.1, 0.15) is 0 Å². The van der Waals surface area contributed by atoms with E-state index in [1.54, 1.807) is 31.4 Å². The van der Waals surface area contributed by atoms with Crippen LogP contribution in [0.4, 0.5) is 11.5 Å². The molecule has 0 aliphatic rings. The second-order valence-corrected chi connectivity index (χ2v) is 4.15. The monoisotopic (exact) mass is 303 g/mol. The summed E-state index contributed by atoms with van der Waals surface area (Å²) >= 11 is 0. The zero-order valence-corrected chi connectivity index (χ0v) is 11.7. The van der Waals surface area contributed by atoms with Crippen LogP contribution in [0.25, 0.3) is 0 Å². The van der Waals surface area contributed by atoms with E-state index in [1.807, 2.05) is 0 Å². The van der Waals surface area contributed by atoms with Crippen LogP contribution in [0.5, 0.6) is 11.5 Å². The fraction of sp³-hybridized carbons (Fsp3) is 0.143. The highest BCUT2D eigenvalue weighted by atomic mass is 16.6. The predicted octanol–water partition coefficient (Wildman–Crippen LogP) is 2.02. The third-order valence-corrected chi connectivity index (χ3v) is 2.66. The number of carbonyl (C=O) groups excluding carboxylic acids is 1. The summed E-state index contributed by atoms with van der Waals surface area (Å²) in [5.41, 5.74) is 0.565. The maximum absolute atomic E-state index is 11.8. The van der Waals surface area contributed by atoms with E-state index in [4.69, 9.17) is 9.47 Å². The van der Waals surface area contributed by atoms with E-state index >= 15 is 0 Å². The van der Waals surface area contributed by atoms with Crippen molar-refractivity contribution in [1.29, 1.82) is 0 Å². The van der Waals surface area contributed by atoms with Gasteiger partial charge in [0.2, 0.25) is 5.75 Å². The lowest BCUT2D eigenvalue weighted by Gasteiger charge is -2.08. The number of aromatic nitrogens is 1. The first-order valence-electron chi connectivity index (χ1n) is 6.26. The Kier molecular flexibility index (Phi) is 4.86. The molecule has 8 heteroatoms. The van der Waals surface area contributed by atoms with Crippen LogP contribution in [0.3, 0.4) is 0 Å². The normalized spacial score (nSPS) is 9.86. The molecule has 8 nitrogen and oxygen atoms in total. The molecule has 0 saturated carbocycles. The van der Waals surface area contributed by atoms with Gasteiger partial charge in [0, 0.05) is 5.69 Å². The Morgan fingerprint density at radius 1 is 1.32 bits per heavy atom. The summed E-state index contributed by atoms with van der Waals surface area (Å²) in [6.07, 6.45) is 1.28. The van der Waals surface area contributed by atoms with E-state index in [-0.39, 0.29) is 12.4 Å². The zero-order valence-electron chi connectivity index (χ0n) is 11.7. The number of anilines is 1. The Morgan fingerprint density at radius 2 is 2.05 bits per heavy atom. The van der Waals surface area contributed by atoms with Crippen LogP contribution in [-0.2, 0) is 4.79 Å². The summed E-state index contributed by atoms with van der Waals surface area (Å²) < 4.78 is 10.1. The maximum atomic E-state index is 11.8. The van der Waals surface area contributed by atoms with Gasteiger partial charge in [0.05, 0.1) is 7.11 Å². The summed E-state index contributed by atoms with van der Waals surface area (Å²) in [5, 5.41) is 13.4. The van der Waals surface area contributed by atoms with Crippen molar-refractivity contribution in [2.75, 3.05) is 19.0 Å². The lowest BCUT2D eigenvalue weighted by atomic mass is 10.3. The summed E-state index contributed by atoms with van der Waals surface area (Å²) in [6, 6.07) is 9.60. The molecular weight excluding hydrogens is 290 g/mol. The van der Waals surface area contributed by atoms with E-state index in [1.165, 1.54) is 18.3 Å². The molecule has 0 unspecified atom stereocenters. The first-order chi connectivity index (χ1) is 10.6. The summed E-state index contributed by atoms with van der Waals surface area (Å²) in [4.78, 5) is 25.5. The van der Waals surface area contributed by atoms with Gasteiger partial charge >= 0.3 is 5.82 Å². The molecule has 1 aromatic heterocycles. The summed E-state index contributed by atoms with van der Waals surface area (Å²) in [5.74, 6) is -0.263. The maximum Gasteiger partial charge on any atom is 0.406 e. The van der Waals surface area contributed by atoms with Crippen molar-refractivity contribution in [3.8, 4) is 11.5 Å². The van der Waals surface area contributed by atoms with Gasteiger partial charge in [-0.25, -0.2) is 0 Å². The molecule has 1 aromatic carbocycles. The van der Waals surface area contributed by atoms with Crippen LogP contribution in [0.15, 0.2) is 42.6 Å². The number of nitro groups is 1. The summed E-state index contributed by atoms with van der Waals surface area (Å²) in [7, 11) is 1.54. The van der Waals surface area contributed by atoms with Crippen molar-refractivity contribution in [3.63, 3.8) is 0 Å². The van der Waals surface area contributed by atoms with Crippen molar-refractivity contribution >= 4 is 17.4 Å². The number of nitrogens with zero attached hydrogens (tertiary/aromatic N) is 2. The van der Waals surface area contributed by atoms with Crippen molar-refractivity contribution < 1.29 is 19.2 Å². The lowest BCUT2D eigenvalue weighted by Crippen LogP contribution is -2.20. The fourth-order valence-electron chi connectivity index (χ4n) is 1.65. The zero-order chi connectivity index (χ0) is 15.9. The molecule has 2 aromatic rings. The molecule has 0 radical (unpaired) electrons. The molecule has 0 fully saturated rings. The van der Waals surface area contributed by atoms with E-state index < -0.39 is 16.6 Å². The van der Waals surface area contributed by atoms with Crippen LogP contribution < -0.4 is 14.8 Å². The Balaban J connectivity index is 1.94. The second-order valence-electron chi connectivity index (χ2n) is 4.15. The predicted molar refractivity (Wildman–Crippen MR) is 78.0 cm³/mol. The minimum atomic E-state index is -0.670. The molecule has 2 rings (SSSR count). The van der Waals surface area contributed by atoms with Crippen LogP contribution in [0, 0.1) is 10.1 Å². The van der Waals surface area contributed by atoms with Crippen molar-refractivity contribution in [3.05, 3.63) is 52.7 Å². The minimum Gasteiger partial charge on any atom is -0.497 e. The fourth-order valence-corrected chi connectivity index (χ4v) is 1.65. The van der Waals surface area contributed by atoms with Gasteiger partial charge in [0.15, 0.2) is 6.61 Å². The van der Waals surface area contributed by atoms with E-state index in [0.717, 1.165) is 0 Å². The number of hydrogen-bond donors (Lipinski definition) is 1. The van der Waals surface area contributed by atoms with Crippen molar-refractivity contribution in [1.82, 2.24) is 4.98 Å². The van der Waals surface area contributed by atoms with Crippen LogP contribution in [0.2, 0.25) is 0 Å². The number of ether oxygens (including phenoxy) is 2. The van der Waals surface area contributed by atoms with E-state index in [0.29, 0.717) is 11.4 Å². The number of nitrogens with one attached hydrogen (secondary N) is 1. The van der Waals surface area contributed by atoms with Gasteiger partial charge in [-0.15, -0.1) is 0 Å². The van der Waals surface area contributed by atoms with Crippen molar-refractivity contribution in [2.45, 2.75) is 0 Å². The molecule has 0 saturated heterocycles. The van der Waals surface area contributed by atoms with Gasteiger partial charge in [0.1, 0.15) is 11.9 Å². The molecule has 0 aliphatic heterocycles. The number of methoxy groups -OCH3 is 1. The van der Waals surface area contributed by atoms with E-state index in [2.05, 4.69) is 10.3 Å². The van der Waals surface area contributed by atoms with Gasteiger partial charge in [-0.3, -0.25) is 4.79 Å². The standard InChI is InChI=1S/C14H13N3O5/c1-21-11-6-4-10(5-7-11)16-13(18)9-22-12-3-2-8-15-14(12)17(19)20/h2-8H,9H2,1H3,(H,16,18). The molecule has 1 heterocycles. The molecule has 0 aliphatic carbocycles. The number of hydrogen-bond acceptors (Lipinski definition) is 6. The van der Waals surface area contributed by atoms with Crippen LogP contribution in [-0.4, -0.2) is 29.5 Å². The van der Waals surface area contributed by atoms with Gasteiger partial charge in [-0.1, -0.05) is 0 Å². The third kappa shape index (κ3) is 3.92. The molecule has 114 valence electrons. The number of amides is 1. The first kappa shape index (κ1) is 15.2. The second kappa shape index (κ2) is 7.02. The molecular formula is C14H13N3O5. The van der Waals surface area contributed by atoms with Crippen molar-refractivity contribution in [2.24, 2.45) is 0 Å². The lowest BCUT2D eigenvalue weighted by molar-refractivity contribution is -0.390. The first-order valence-corrected chi connectivity index (χ1v) is 6.26. The average molecular weight is 303 g/mol. The largest absolute Gasteiger partial charge is 0.497 e. The van der Waals surface area contributed by atoms with Gasteiger partial charge < -0.3 is 24.9 Å². The number of benzene rings is 1. The Labute approximate surface area is 125 Å². The molecule has 1 N–H and O–H groups in total. The highest BCUT2D eigenvalue weighted by Crippen LogP contribution is 2.22. The van der Waals surface area contributed by atoms with E-state index in [9.17, 15) is 14.9 Å². The average Bonchev–Trinajstić information content (AvgIpc) is 2.54. The molecule has 0 atom stereocenters. The molecule has 22 heavy (non-hydrogen) atoms. The van der Waals surface area contributed by atoms with Crippen LogP contribution >= 0.6 is 0 Å². The third-order valence-electron chi connectivity index (χ3n) is 2.66. The minimum absolute atomic E-state index is 0.0580. The quantitative estimate of drug-likeness (QED) is 0.646. The Morgan fingerprint density at radius 3 is 2.68 bits per heavy atom. The highest BCUT2D eigenvalue weighted by Gasteiger charge is 2.16. The number of pyridine rings is 1. The molecule has 0 spiro atoms. The molecule has 0 bridgehead atoms. The number of rotatable bonds is 6.